The highest BCUT2D eigenvalue weighted by Crippen LogP contribution is 2.50. The van der Waals surface area contributed by atoms with Gasteiger partial charge >= 0.3 is 0 Å². The van der Waals surface area contributed by atoms with E-state index in [9.17, 15) is 30.6 Å². The first-order chi connectivity index (χ1) is 9.99. The molecule has 2 unspecified atom stereocenters. The van der Waals surface area contributed by atoms with Gasteiger partial charge in [-0.2, -0.15) is 0 Å². The fraction of sp³-hybridized carbons (Fsp3) is 1.00. The predicted octanol–water partition coefficient (Wildman–Crippen LogP) is -4.03. The number of hydrogen-bond acceptors (Lipinski definition) is 9. The summed E-state index contributed by atoms with van der Waals surface area (Å²) in [4.78, 5) is 0. The Hall–Kier alpha value is -0.360. The van der Waals surface area contributed by atoms with Crippen molar-refractivity contribution in [3.8, 4) is 0 Å². The van der Waals surface area contributed by atoms with E-state index in [-0.39, 0.29) is 13.2 Å². The molecular weight excluding hydrogens is 288 g/mol. The summed E-state index contributed by atoms with van der Waals surface area (Å²) >= 11 is 0. The van der Waals surface area contributed by atoms with Crippen molar-refractivity contribution in [2.45, 2.75) is 22.4 Å². The molecule has 0 saturated carbocycles. The normalized spacial score (nSPS) is 35.7. The molecule has 2 saturated heterocycles. The number of rotatable bonds is 10. The van der Waals surface area contributed by atoms with Gasteiger partial charge in [0.05, 0.1) is 52.9 Å². The Kier molecular flexibility index (Phi) is 4.60. The number of ether oxygens (including phenoxy) is 3. The van der Waals surface area contributed by atoms with E-state index in [0.29, 0.717) is 0 Å². The molecule has 9 heteroatoms. The van der Waals surface area contributed by atoms with Crippen LogP contribution >= 0.6 is 0 Å². The summed E-state index contributed by atoms with van der Waals surface area (Å²) in [5.74, 6) is 0. The van der Waals surface area contributed by atoms with Gasteiger partial charge in [-0.3, -0.25) is 0 Å². The van der Waals surface area contributed by atoms with Crippen LogP contribution in [-0.4, -0.2) is 106 Å². The molecule has 2 heterocycles. The Morgan fingerprint density at radius 1 is 0.524 bits per heavy atom. The summed E-state index contributed by atoms with van der Waals surface area (Å²) in [5, 5.41) is 55.6. The van der Waals surface area contributed by atoms with Crippen molar-refractivity contribution in [1.29, 1.82) is 0 Å². The SMILES string of the molecule is OCC1(CO)OC1(CO)COCC1(CO)OC1(CO)CO. The molecule has 21 heavy (non-hydrogen) atoms. The second-order valence-electron chi connectivity index (χ2n) is 5.62. The van der Waals surface area contributed by atoms with Crippen LogP contribution in [0.1, 0.15) is 0 Å². The van der Waals surface area contributed by atoms with Gasteiger partial charge in [0.1, 0.15) is 22.4 Å². The highest BCUT2D eigenvalue weighted by Gasteiger charge is 2.72. The molecule has 2 fully saturated rings. The molecule has 9 nitrogen and oxygen atoms in total. The van der Waals surface area contributed by atoms with Gasteiger partial charge in [-0.05, 0) is 0 Å². The van der Waals surface area contributed by atoms with Crippen LogP contribution in [0.25, 0.3) is 0 Å². The minimum Gasteiger partial charge on any atom is -0.393 e. The zero-order valence-electron chi connectivity index (χ0n) is 11.6. The van der Waals surface area contributed by atoms with E-state index in [2.05, 4.69) is 0 Å². The van der Waals surface area contributed by atoms with Gasteiger partial charge < -0.3 is 44.8 Å². The van der Waals surface area contributed by atoms with E-state index in [0.717, 1.165) is 0 Å². The zero-order chi connectivity index (χ0) is 15.8. The van der Waals surface area contributed by atoms with Crippen molar-refractivity contribution in [3.05, 3.63) is 0 Å². The maximum absolute atomic E-state index is 9.36. The molecule has 2 aliphatic rings. The molecule has 0 aliphatic carbocycles. The summed E-state index contributed by atoms with van der Waals surface area (Å²) in [7, 11) is 0. The second-order valence-corrected chi connectivity index (χ2v) is 5.62. The van der Waals surface area contributed by atoms with Crippen LogP contribution in [0.4, 0.5) is 0 Å². The van der Waals surface area contributed by atoms with Crippen LogP contribution < -0.4 is 0 Å². The molecule has 0 bridgehead atoms. The lowest BCUT2D eigenvalue weighted by Crippen LogP contribution is -2.43. The van der Waals surface area contributed by atoms with Crippen molar-refractivity contribution in [2.75, 3.05) is 52.9 Å². The van der Waals surface area contributed by atoms with E-state index < -0.39 is 62.0 Å². The first kappa shape index (κ1) is 17.0. The topological polar surface area (TPSA) is 156 Å². The van der Waals surface area contributed by atoms with Crippen LogP contribution in [0.5, 0.6) is 0 Å². The number of aliphatic hydroxyl groups is 6. The molecule has 2 aliphatic heterocycles. The van der Waals surface area contributed by atoms with Gasteiger partial charge in [0.2, 0.25) is 0 Å². The number of epoxide rings is 2. The molecule has 0 spiro atoms. The molecule has 0 aromatic rings. The van der Waals surface area contributed by atoms with Crippen molar-refractivity contribution < 1.29 is 44.8 Å². The van der Waals surface area contributed by atoms with Crippen LogP contribution in [0.3, 0.4) is 0 Å². The second kappa shape index (κ2) is 5.69. The Labute approximate surface area is 121 Å². The lowest BCUT2D eigenvalue weighted by atomic mass is 9.94. The van der Waals surface area contributed by atoms with Crippen molar-refractivity contribution in [1.82, 2.24) is 0 Å². The first-order valence-electron chi connectivity index (χ1n) is 6.62. The van der Waals surface area contributed by atoms with Crippen LogP contribution in [0.2, 0.25) is 0 Å². The Bertz CT molecular complexity index is 334. The molecule has 0 aromatic carbocycles. The quantitative estimate of drug-likeness (QED) is 0.221. The van der Waals surface area contributed by atoms with E-state index in [1.54, 1.807) is 0 Å². The van der Waals surface area contributed by atoms with E-state index >= 15 is 0 Å². The average Bonchev–Trinajstić information content (AvgIpc) is 3.39. The van der Waals surface area contributed by atoms with Gasteiger partial charge in [-0.25, -0.2) is 0 Å². The molecule has 0 radical (unpaired) electrons. The summed E-state index contributed by atoms with van der Waals surface area (Å²) in [5.41, 5.74) is -4.90. The summed E-state index contributed by atoms with van der Waals surface area (Å²) < 4.78 is 15.8. The molecule has 124 valence electrons. The van der Waals surface area contributed by atoms with Gasteiger partial charge in [0.25, 0.3) is 0 Å². The smallest absolute Gasteiger partial charge is 0.149 e. The average molecular weight is 310 g/mol. The minimum atomic E-state index is -1.25. The minimum absolute atomic E-state index is 0.136. The number of aliphatic hydroxyl groups excluding tert-OH is 6. The largest absolute Gasteiger partial charge is 0.393 e. The van der Waals surface area contributed by atoms with Gasteiger partial charge in [-0.1, -0.05) is 0 Å². The van der Waals surface area contributed by atoms with E-state index in [4.69, 9.17) is 14.2 Å². The first-order valence-corrected chi connectivity index (χ1v) is 6.62. The summed E-state index contributed by atoms with van der Waals surface area (Å²) in [6, 6.07) is 0. The lowest BCUT2D eigenvalue weighted by Gasteiger charge is -2.18. The molecule has 2 rings (SSSR count). The van der Waals surface area contributed by atoms with Crippen LogP contribution in [-0.2, 0) is 14.2 Å². The Morgan fingerprint density at radius 2 is 0.810 bits per heavy atom. The van der Waals surface area contributed by atoms with Crippen molar-refractivity contribution in [3.63, 3.8) is 0 Å². The van der Waals surface area contributed by atoms with E-state index in [1.165, 1.54) is 0 Å². The fourth-order valence-electron chi connectivity index (χ4n) is 2.65. The maximum Gasteiger partial charge on any atom is 0.149 e. The predicted molar refractivity (Wildman–Crippen MR) is 66.4 cm³/mol. The molecular formula is C12H22O9. The zero-order valence-corrected chi connectivity index (χ0v) is 11.6. The molecule has 0 aromatic heterocycles. The monoisotopic (exact) mass is 310 g/mol. The lowest BCUT2D eigenvalue weighted by molar-refractivity contribution is 0.00869. The molecule has 2 atom stereocenters. The third-order valence-electron chi connectivity index (χ3n) is 4.56. The van der Waals surface area contributed by atoms with Gasteiger partial charge in [0.15, 0.2) is 0 Å². The maximum atomic E-state index is 9.36. The highest BCUT2D eigenvalue weighted by atomic mass is 16.7. The Balaban J connectivity index is 1.90. The van der Waals surface area contributed by atoms with Gasteiger partial charge in [-0.15, -0.1) is 0 Å². The standard InChI is InChI=1S/C12H22O9/c13-1-9(2-14)11(5-17,20-9)7-19-8-12(6-18)10(3-15,4-16)21-12/h13-18H,1-8H2. The summed E-state index contributed by atoms with van der Waals surface area (Å²) in [6.45, 7) is -3.04. The number of hydrogen-bond donors (Lipinski definition) is 6. The molecule has 0 amide bonds. The third kappa shape index (κ3) is 2.29. The summed E-state index contributed by atoms with van der Waals surface area (Å²) in [6.07, 6.45) is 0. The van der Waals surface area contributed by atoms with E-state index in [1.807, 2.05) is 0 Å². The fourth-order valence-corrected chi connectivity index (χ4v) is 2.65. The van der Waals surface area contributed by atoms with Crippen molar-refractivity contribution in [2.24, 2.45) is 0 Å². The molecule has 6 N–H and O–H groups in total. The Morgan fingerprint density at radius 3 is 1.00 bits per heavy atom. The van der Waals surface area contributed by atoms with Gasteiger partial charge in [0, 0.05) is 0 Å². The van der Waals surface area contributed by atoms with Crippen LogP contribution in [0, 0.1) is 0 Å². The highest BCUT2D eigenvalue weighted by molar-refractivity contribution is 5.18. The van der Waals surface area contributed by atoms with Crippen LogP contribution in [0.15, 0.2) is 0 Å². The van der Waals surface area contributed by atoms with Crippen molar-refractivity contribution >= 4 is 0 Å². The third-order valence-corrected chi connectivity index (χ3v) is 4.56.